The molecule has 0 unspecified atom stereocenters. The Labute approximate surface area is 142 Å². The summed E-state index contributed by atoms with van der Waals surface area (Å²) in [4.78, 5) is 23.6. The molecule has 6 nitrogen and oxygen atoms in total. The third-order valence-electron chi connectivity index (χ3n) is 4.23. The fourth-order valence-electron chi connectivity index (χ4n) is 2.75. The lowest BCUT2D eigenvalue weighted by atomic mass is 9.81. The van der Waals surface area contributed by atoms with Crippen LogP contribution in [0.15, 0.2) is 36.9 Å². The summed E-state index contributed by atoms with van der Waals surface area (Å²) >= 11 is 0. The Morgan fingerprint density at radius 2 is 1.96 bits per heavy atom. The van der Waals surface area contributed by atoms with Crippen LogP contribution in [-0.2, 0) is 14.3 Å². The Morgan fingerprint density at radius 3 is 2.54 bits per heavy atom. The molecule has 1 aromatic rings. The van der Waals surface area contributed by atoms with Crippen molar-refractivity contribution in [2.45, 2.75) is 12.8 Å². The molecule has 24 heavy (non-hydrogen) atoms. The van der Waals surface area contributed by atoms with Crippen LogP contribution in [0.4, 0.5) is 5.69 Å². The summed E-state index contributed by atoms with van der Waals surface area (Å²) in [6.07, 6.45) is 2.94. The largest absolute Gasteiger partial charge is 0.384 e. The molecule has 1 aromatic carbocycles. The molecule has 0 bridgehead atoms. The summed E-state index contributed by atoms with van der Waals surface area (Å²) in [7, 11) is 1.68. The predicted octanol–water partition coefficient (Wildman–Crippen LogP) is 1.98. The van der Waals surface area contributed by atoms with E-state index in [0.29, 0.717) is 37.6 Å². The summed E-state index contributed by atoms with van der Waals surface area (Å²) in [6.45, 7) is 5.93. The van der Waals surface area contributed by atoms with Crippen LogP contribution in [0.25, 0.3) is 0 Å². The molecule has 0 aliphatic carbocycles. The summed E-state index contributed by atoms with van der Waals surface area (Å²) in [6, 6.07) is 6.74. The molecular formula is C18H24N2O4. The zero-order valence-corrected chi connectivity index (χ0v) is 14.0. The van der Waals surface area contributed by atoms with E-state index in [1.807, 2.05) is 0 Å². The second-order valence-electron chi connectivity index (χ2n) is 6.00. The van der Waals surface area contributed by atoms with Gasteiger partial charge in [-0.25, -0.2) is 0 Å². The number of amides is 2. The van der Waals surface area contributed by atoms with Crippen LogP contribution in [0.1, 0.15) is 23.2 Å². The van der Waals surface area contributed by atoms with Crippen LogP contribution in [0.3, 0.4) is 0 Å². The van der Waals surface area contributed by atoms with Crippen LogP contribution < -0.4 is 10.6 Å². The SMILES string of the molecule is C=CC(=O)Nc1ccc(C(=O)NCC2(COC)CCOCC2)cc1. The van der Waals surface area contributed by atoms with Gasteiger partial charge < -0.3 is 20.1 Å². The first-order valence-corrected chi connectivity index (χ1v) is 7.97. The number of carbonyl (C=O) groups excluding carboxylic acids is 2. The number of hydrogen-bond donors (Lipinski definition) is 2. The standard InChI is InChI=1S/C18H24N2O4/c1-3-16(21)20-15-6-4-14(5-7-15)17(22)19-12-18(13-23-2)8-10-24-11-9-18/h3-7H,1,8-13H2,2H3,(H,19,22)(H,20,21). The van der Waals surface area contributed by atoms with Crippen molar-refractivity contribution in [2.24, 2.45) is 5.41 Å². The fourth-order valence-corrected chi connectivity index (χ4v) is 2.75. The van der Waals surface area contributed by atoms with Crippen LogP contribution in [0.5, 0.6) is 0 Å². The average Bonchev–Trinajstić information content (AvgIpc) is 2.61. The first-order chi connectivity index (χ1) is 11.6. The van der Waals surface area contributed by atoms with Crippen molar-refractivity contribution in [2.75, 3.05) is 38.8 Å². The van der Waals surface area contributed by atoms with Crippen molar-refractivity contribution in [1.82, 2.24) is 5.32 Å². The quantitative estimate of drug-likeness (QED) is 0.749. The van der Waals surface area contributed by atoms with E-state index in [1.54, 1.807) is 31.4 Å². The Hall–Kier alpha value is -2.18. The van der Waals surface area contributed by atoms with Gasteiger partial charge in [-0.3, -0.25) is 9.59 Å². The smallest absolute Gasteiger partial charge is 0.251 e. The van der Waals surface area contributed by atoms with Crippen molar-refractivity contribution in [3.05, 3.63) is 42.5 Å². The van der Waals surface area contributed by atoms with Crippen LogP contribution in [0, 0.1) is 5.41 Å². The van der Waals surface area contributed by atoms with Gasteiger partial charge in [0.1, 0.15) is 0 Å². The lowest BCUT2D eigenvalue weighted by Gasteiger charge is -2.36. The highest BCUT2D eigenvalue weighted by Crippen LogP contribution is 2.30. The summed E-state index contributed by atoms with van der Waals surface area (Å²) in [5.41, 5.74) is 1.10. The van der Waals surface area contributed by atoms with Gasteiger partial charge in [0, 0.05) is 43.5 Å². The Bertz CT molecular complexity index is 572. The van der Waals surface area contributed by atoms with E-state index in [4.69, 9.17) is 9.47 Å². The molecule has 1 fully saturated rings. The minimum absolute atomic E-state index is 0.0689. The van der Waals surface area contributed by atoms with E-state index < -0.39 is 0 Å². The topological polar surface area (TPSA) is 76.7 Å². The Morgan fingerprint density at radius 1 is 1.29 bits per heavy atom. The minimum Gasteiger partial charge on any atom is -0.384 e. The lowest BCUT2D eigenvalue weighted by Crippen LogP contribution is -2.44. The van der Waals surface area contributed by atoms with Gasteiger partial charge >= 0.3 is 0 Å². The first-order valence-electron chi connectivity index (χ1n) is 7.97. The number of carbonyl (C=O) groups is 2. The number of methoxy groups -OCH3 is 1. The molecule has 6 heteroatoms. The monoisotopic (exact) mass is 332 g/mol. The van der Waals surface area contributed by atoms with Crippen molar-refractivity contribution >= 4 is 17.5 Å². The fraction of sp³-hybridized carbons (Fsp3) is 0.444. The molecule has 0 aromatic heterocycles. The van der Waals surface area contributed by atoms with Gasteiger partial charge in [0.15, 0.2) is 0 Å². The third-order valence-corrected chi connectivity index (χ3v) is 4.23. The first kappa shape index (κ1) is 18.2. The number of benzene rings is 1. The van der Waals surface area contributed by atoms with Crippen LogP contribution in [-0.4, -0.2) is 45.3 Å². The van der Waals surface area contributed by atoms with E-state index in [1.165, 1.54) is 6.08 Å². The zero-order chi connectivity index (χ0) is 17.4. The highest BCUT2D eigenvalue weighted by molar-refractivity contribution is 5.99. The van der Waals surface area contributed by atoms with Crippen LogP contribution >= 0.6 is 0 Å². The van der Waals surface area contributed by atoms with E-state index in [0.717, 1.165) is 12.8 Å². The third kappa shape index (κ3) is 4.91. The molecule has 0 atom stereocenters. The average molecular weight is 332 g/mol. The molecule has 130 valence electrons. The Kier molecular flexibility index (Phi) is 6.52. The molecule has 2 N–H and O–H groups in total. The van der Waals surface area contributed by atoms with Gasteiger partial charge in [-0.05, 0) is 43.2 Å². The molecule has 1 saturated heterocycles. The van der Waals surface area contributed by atoms with Gasteiger partial charge in [-0.2, -0.15) is 0 Å². The summed E-state index contributed by atoms with van der Waals surface area (Å²) in [5, 5.41) is 5.63. The zero-order valence-electron chi connectivity index (χ0n) is 14.0. The molecule has 0 saturated carbocycles. The van der Waals surface area contributed by atoms with E-state index in [9.17, 15) is 9.59 Å². The molecule has 1 aliphatic heterocycles. The predicted molar refractivity (Wildman–Crippen MR) is 92.0 cm³/mol. The van der Waals surface area contributed by atoms with Crippen molar-refractivity contribution in [1.29, 1.82) is 0 Å². The number of rotatable bonds is 7. The lowest BCUT2D eigenvalue weighted by molar-refractivity contribution is -0.111. The summed E-state index contributed by atoms with van der Waals surface area (Å²) < 4.78 is 10.7. The van der Waals surface area contributed by atoms with E-state index in [-0.39, 0.29) is 17.2 Å². The van der Waals surface area contributed by atoms with Crippen molar-refractivity contribution in [3.63, 3.8) is 0 Å². The molecule has 0 spiro atoms. The molecule has 1 heterocycles. The molecule has 2 amide bonds. The van der Waals surface area contributed by atoms with Gasteiger partial charge in [-0.15, -0.1) is 0 Å². The molecule has 0 radical (unpaired) electrons. The normalized spacial score (nSPS) is 16.2. The van der Waals surface area contributed by atoms with E-state index >= 15 is 0 Å². The second kappa shape index (κ2) is 8.61. The van der Waals surface area contributed by atoms with Crippen molar-refractivity contribution < 1.29 is 19.1 Å². The molecular weight excluding hydrogens is 308 g/mol. The summed E-state index contributed by atoms with van der Waals surface area (Å²) in [5.74, 6) is -0.424. The maximum atomic E-state index is 12.3. The van der Waals surface area contributed by atoms with Gasteiger partial charge in [-0.1, -0.05) is 6.58 Å². The maximum absolute atomic E-state index is 12.3. The highest BCUT2D eigenvalue weighted by atomic mass is 16.5. The van der Waals surface area contributed by atoms with Gasteiger partial charge in [0.2, 0.25) is 5.91 Å². The second-order valence-corrected chi connectivity index (χ2v) is 6.00. The number of anilines is 1. The van der Waals surface area contributed by atoms with Gasteiger partial charge in [0.25, 0.3) is 5.91 Å². The molecule has 2 rings (SSSR count). The maximum Gasteiger partial charge on any atom is 0.251 e. The minimum atomic E-state index is -0.284. The van der Waals surface area contributed by atoms with Crippen molar-refractivity contribution in [3.8, 4) is 0 Å². The highest BCUT2D eigenvalue weighted by Gasteiger charge is 2.33. The molecule has 1 aliphatic rings. The van der Waals surface area contributed by atoms with E-state index in [2.05, 4.69) is 17.2 Å². The number of nitrogens with one attached hydrogen (secondary N) is 2. The Balaban J connectivity index is 1.93. The van der Waals surface area contributed by atoms with Crippen LogP contribution in [0.2, 0.25) is 0 Å². The number of ether oxygens (including phenoxy) is 2. The van der Waals surface area contributed by atoms with Gasteiger partial charge in [0.05, 0.1) is 6.61 Å². The number of hydrogen-bond acceptors (Lipinski definition) is 4.